The van der Waals surface area contributed by atoms with Crippen LogP contribution in [0.2, 0.25) is 0 Å². The maximum absolute atomic E-state index is 14.9. The van der Waals surface area contributed by atoms with Gasteiger partial charge in [0.25, 0.3) is 5.91 Å². The number of hydrazone groups is 1. The van der Waals surface area contributed by atoms with E-state index in [1.54, 1.807) is 12.1 Å². The lowest BCUT2D eigenvalue weighted by Crippen LogP contribution is -2.48. The lowest BCUT2D eigenvalue weighted by Gasteiger charge is -2.47. The topological polar surface area (TPSA) is 53.9 Å². The van der Waals surface area contributed by atoms with E-state index in [-0.39, 0.29) is 18.0 Å². The molecule has 0 radical (unpaired) electrons. The molecule has 0 fully saturated rings. The molecule has 1 unspecified atom stereocenters. The molecular formula is C24H29FIN3O2. The fourth-order valence-electron chi connectivity index (χ4n) is 4.18. The number of hydrogen-bond acceptors (Lipinski definition) is 4. The summed E-state index contributed by atoms with van der Waals surface area (Å²) in [6.45, 7) is 9.45. The lowest BCUT2D eigenvalue weighted by molar-refractivity contribution is -0.123. The average Bonchev–Trinajstić information content (AvgIpc) is 2.71. The van der Waals surface area contributed by atoms with Crippen LogP contribution in [0, 0.1) is 9.39 Å². The first-order valence-electron chi connectivity index (χ1n) is 10.5. The number of ether oxygens (including phenoxy) is 1. The van der Waals surface area contributed by atoms with Crippen LogP contribution in [-0.2, 0) is 4.79 Å². The average molecular weight is 537 g/mol. The maximum Gasteiger partial charge on any atom is 0.277 e. The molecule has 1 amide bonds. The van der Waals surface area contributed by atoms with Gasteiger partial charge in [-0.3, -0.25) is 4.79 Å². The predicted octanol–water partition coefficient (Wildman–Crippen LogP) is 5.46. The number of carbonyl (C=O) groups excluding carboxylic acids is 1. The SMILES string of the molecule is CCCN1c2cc(F)c(/C=N/NC(=O)COc3ccccc3I)cc2C(C)CC1(C)C. The summed E-state index contributed by atoms with van der Waals surface area (Å²) in [5.41, 5.74) is 4.82. The van der Waals surface area contributed by atoms with Crippen molar-refractivity contribution in [2.75, 3.05) is 18.1 Å². The number of rotatable bonds is 7. The molecule has 1 aliphatic heterocycles. The number of carbonyl (C=O) groups is 1. The second-order valence-electron chi connectivity index (χ2n) is 8.51. The van der Waals surface area contributed by atoms with Crippen molar-refractivity contribution in [1.82, 2.24) is 5.43 Å². The van der Waals surface area contributed by atoms with Gasteiger partial charge in [-0.1, -0.05) is 26.0 Å². The van der Waals surface area contributed by atoms with E-state index >= 15 is 0 Å². The van der Waals surface area contributed by atoms with Crippen LogP contribution in [0.25, 0.3) is 0 Å². The van der Waals surface area contributed by atoms with Crippen LogP contribution in [0.5, 0.6) is 5.75 Å². The number of benzene rings is 2. The highest BCUT2D eigenvalue weighted by Gasteiger charge is 2.36. The number of nitrogens with one attached hydrogen (secondary N) is 1. The summed E-state index contributed by atoms with van der Waals surface area (Å²) in [5, 5.41) is 3.93. The quantitative estimate of drug-likeness (QED) is 0.290. The second-order valence-corrected chi connectivity index (χ2v) is 9.68. The molecule has 0 aliphatic carbocycles. The monoisotopic (exact) mass is 537 g/mol. The van der Waals surface area contributed by atoms with Crippen molar-refractivity contribution in [3.05, 3.63) is 56.9 Å². The summed E-state index contributed by atoms with van der Waals surface area (Å²) >= 11 is 2.14. The summed E-state index contributed by atoms with van der Waals surface area (Å²) in [6, 6.07) is 10.9. The van der Waals surface area contributed by atoms with Crippen molar-refractivity contribution in [2.45, 2.75) is 52.0 Å². The third-order valence-corrected chi connectivity index (χ3v) is 6.43. The molecule has 0 saturated heterocycles. The number of fused-ring (bicyclic) bond motifs is 1. The molecule has 7 heteroatoms. The molecule has 2 aromatic rings. The predicted molar refractivity (Wildman–Crippen MR) is 132 cm³/mol. The molecule has 0 spiro atoms. The van der Waals surface area contributed by atoms with E-state index in [1.165, 1.54) is 6.21 Å². The van der Waals surface area contributed by atoms with Crippen molar-refractivity contribution in [3.63, 3.8) is 0 Å². The van der Waals surface area contributed by atoms with E-state index < -0.39 is 5.91 Å². The number of hydrogen-bond donors (Lipinski definition) is 1. The first-order valence-corrected chi connectivity index (χ1v) is 11.6. The number of halogens is 2. The highest BCUT2D eigenvalue weighted by atomic mass is 127. The van der Waals surface area contributed by atoms with Gasteiger partial charge in [0.05, 0.1) is 9.78 Å². The van der Waals surface area contributed by atoms with Crippen LogP contribution in [0.15, 0.2) is 41.5 Å². The van der Waals surface area contributed by atoms with E-state index in [0.29, 0.717) is 17.2 Å². The molecular weight excluding hydrogens is 508 g/mol. The van der Waals surface area contributed by atoms with Gasteiger partial charge >= 0.3 is 0 Å². The first kappa shape index (κ1) is 23.5. The molecule has 0 saturated carbocycles. The van der Waals surface area contributed by atoms with E-state index in [2.05, 4.69) is 65.7 Å². The maximum atomic E-state index is 14.9. The molecule has 1 heterocycles. The Balaban J connectivity index is 1.70. The number of nitrogens with zero attached hydrogens (tertiary/aromatic N) is 2. The summed E-state index contributed by atoms with van der Waals surface area (Å²) in [6.07, 6.45) is 3.35. The van der Waals surface area contributed by atoms with Gasteiger partial charge in [-0.2, -0.15) is 5.10 Å². The molecule has 0 aromatic heterocycles. The number of para-hydroxylation sites is 1. The van der Waals surface area contributed by atoms with Crippen LogP contribution in [0.1, 0.15) is 57.6 Å². The molecule has 1 atom stereocenters. The van der Waals surface area contributed by atoms with E-state index in [1.807, 2.05) is 24.3 Å². The Bertz CT molecular complexity index is 977. The lowest BCUT2D eigenvalue weighted by atomic mass is 9.79. The zero-order valence-electron chi connectivity index (χ0n) is 18.4. The van der Waals surface area contributed by atoms with Crippen molar-refractivity contribution in [3.8, 4) is 5.75 Å². The molecule has 166 valence electrons. The van der Waals surface area contributed by atoms with Crippen LogP contribution in [0.4, 0.5) is 10.1 Å². The van der Waals surface area contributed by atoms with Crippen LogP contribution < -0.4 is 15.1 Å². The van der Waals surface area contributed by atoms with Crippen LogP contribution in [-0.4, -0.2) is 30.8 Å². The Kier molecular flexibility index (Phi) is 7.56. The molecule has 1 aliphatic rings. The van der Waals surface area contributed by atoms with Gasteiger partial charge in [-0.05, 0) is 85.0 Å². The molecule has 31 heavy (non-hydrogen) atoms. The Hall–Kier alpha value is -2.16. The van der Waals surface area contributed by atoms with Crippen LogP contribution in [0.3, 0.4) is 0 Å². The molecule has 0 bridgehead atoms. The third-order valence-electron chi connectivity index (χ3n) is 5.54. The standard InChI is InChI=1S/C24H29FIN3O2/c1-5-10-29-21-12-19(25)17(11-18(21)16(2)13-24(29,3)4)14-27-28-23(30)15-31-22-9-7-6-8-20(22)26/h6-9,11-12,14,16H,5,10,13,15H2,1-4H3,(H,28,30)/b27-14+. The fraction of sp³-hybridized carbons (Fsp3) is 0.417. The molecule has 1 N–H and O–H groups in total. The summed E-state index contributed by atoms with van der Waals surface area (Å²) in [4.78, 5) is 14.3. The largest absolute Gasteiger partial charge is 0.483 e. The van der Waals surface area contributed by atoms with Gasteiger partial charge in [0.15, 0.2) is 6.61 Å². The Morgan fingerprint density at radius 1 is 1.39 bits per heavy atom. The number of amides is 1. The van der Waals surface area contributed by atoms with E-state index in [9.17, 15) is 9.18 Å². The number of anilines is 1. The zero-order valence-corrected chi connectivity index (χ0v) is 20.6. The highest BCUT2D eigenvalue weighted by Crippen LogP contribution is 2.44. The van der Waals surface area contributed by atoms with Gasteiger partial charge in [0, 0.05) is 23.3 Å². The van der Waals surface area contributed by atoms with E-state index in [4.69, 9.17) is 4.74 Å². The molecule has 5 nitrogen and oxygen atoms in total. The van der Waals surface area contributed by atoms with Gasteiger partial charge in [-0.25, -0.2) is 9.82 Å². The van der Waals surface area contributed by atoms with Crippen LogP contribution >= 0.6 is 22.6 Å². The van der Waals surface area contributed by atoms with E-state index in [0.717, 1.165) is 34.2 Å². The smallest absolute Gasteiger partial charge is 0.277 e. The molecule has 3 rings (SSSR count). The van der Waals surface area contributed by atoms with Crippen molar-refractivity contribution < 1.29 is 13.9 Å². The highest BCUT2D eigenvalue weighted by molar-refractivity contribution is 14.1. The van der Waals surface area contributed by atoms with Crippen molar-refractivity contribution in [1.29, 1.82) is 0 Å². The zero-order chi connectivity index (χ0) is 22.6. The van der Waals surface area contributed by atoms with Gasteiger partial charge in [-0.15, -0.1) is 0 Å². The van der Waals surface area contributed by atoms with Crippen molar-refractivity contribution in [2.24, 2.45) is 5.10 Å². The molecule has 2 aromatic carbocycles. The van der Waals surface area contributed by atoms with Gasteiger partial charge in [0.1, 0.15) is 11.6 Å². The minimum absolute atomic E-state index is 0.0188. The third kappa shape index (κ3) is 5.56. The minimum atomic E-state index is -0.404. The summed E-state index contributed by atoms with van der Waals surface area (Å²) in [7, 11) is 0. The summed E-state index contributed by atoms with van der Waals surface area (Å²) in [5.74, 6) is 0.190. The Labute approximate surface area is 197 Å². The Morgan fingerprint density at radius 3 is 2.84 bits per heavy atom. The minimum Gasteiger partial charge on any atom is -0.483 e. The Morgan fingerprint density at radius 2 is 2.13 bits per heavy atom. The van der Waals surface area contributed by atoms with Crippen molar-refractivity contribution >= 4 is 40.4 Å². The normalized spacial score (nSPS) is 17.5. The second kappa shape index (κ2) is 9.97. The summed E-state index contributed by atoms with van der Waals surface area (Å²) < 4.78 is 21.3. The first-order chi connectivity index (χ1) is 14.7. The van der Waals surface area contributed by atoms with Gasteiger partial charge < -0.3 is 9.64 Å². The van der Waals surface area contributed by atoms with Gasteiger partial charge in [0.2, 0.25) is 0 Å². The fourth-order valence-corrected chi connectivity index (χ4v) is 4.72.